The maximum Gasteiger partial charge on any atom is 0.213 e. The summed E-state index contributed by atoms with van der Waals surface area (Å²) in [7, 11) is 0.287. The fourth-order valence-corrected chi connectivity index (χ4v) is 2.32. The minimum absolute atomic E-state index is 0. The van der Waals surface area contributed by atoms with Crippen molar-refractivity contribution in [1.29, 1.82) is 0 Å². The monoisotopic (exact) mass is 420 g/mol. The van der Waals surface area contributed by atoms with Crippen molar-refractivity contribution in [2.24, 2.45) is 4.99 Å². The number of guanidine groups is 1. The van der Waals surface area contributed by atoms with Crippen LogP contribution in [0.15, 0.2) is 4.99 Å². The van der Waals surface area contributed by atoms with Gasteiger partial charge in [-0.05, 0) is 19.8 Å². The summed E-state index contributed by atoms with van der Waals surface area (Å²) in [6.45, 7) is 5.93. The molecule has 0 fully saturated rings. The van der Waals surface area contributed by atoms with Gasteiger partial charge in [0.25, 0.3) is 0 Å². The molecule has 0 spiro atoms. The van der Waals surface area contributed by atoms with Crippen molar-refractivity contribution >= 4 is 40.0 Å². The van der Waals surface area contributed by atoms with Crippen molar-refractivity contribution in [3.05, 3.63) is 0 Å². The largest absolute Gasteiger partial charge is 0.356 e. The van der Waals surface area contributed by atoms with Crippen LogP contribution >= 0.6 is 24.0 Å². The minimum Gasteiger partial charge on any atom is -0.356 e. The number of nitrogens with one attached hydrogen (secondary N) is 2. The summed E-state index contributed by atoms with van der Waals surface area (Å²) in [5.41, 5.74) is 0. The molecule has 0 aromatic heterocycles. The van der Waals surface area contributed by atoms with Gasteiger partial charge >= 0.3 is 0 Å². The molecular formula is C12H29IN4O2S. The van der Waals surface area contributed by atoms with Crippen molar-refractivity contribution in [3.8, 4) is 0 Å². The Morgan fingerprint density at radius 2 is 1.70 bits per heavy atom. The van der Waals surface area contributed by atoms with Gasteiger partial charge in [-0.1, -0.05) is 13.3 Å². The topological polar surface area (TPSA) is 73.8 Å². The van der Waals surface area contributed by atoms with E-state index in [1.54, 1.807) is 21.0 Å². The Bertz CT molecular complexity index is 360. The molecule has 0 amide bonds. The highest BCUT2D eigenvalue weighted by molar-refractivity contribution is 14.0. The average Bonchev–Trinajstić information content (AvgIpc) is 2.41. The van der Waals surface area contributed by atoms with Crippen molar-refractivity contribution in [1.82, 2.24) is 14.9 Å². The smallest absolute Gasteiger partial charge is 0.213 e. The molecule has 0 saturated heterocycles. The zero-order valence-corrected chi connectivity index (χ0v) is 16.1. The van der Waals surface area contributed by atoms with E-state index in [1.165, 1.54) is 4.31 Å². The van der Waals surface area contributed by atoms with Crippen LogP contribution in [0.5, 0.6) is 0 Å². The van der Waals surface area contributed by atoms with Crippen LogP contribution in [0.25, 0.3) is 0 Å². The zero-order valence-electron chi connectivity index (χ0n) is 13.0. The molecule has 2 N–H and O–H groups in total. The van der Waals surface area contributed by atoms with Crippen LogP contribution in [-0.2, 0) is 10.0 Å². The van der Waals surface area contributed by atoms with E-state index in [0.717, 1.165) is 31.8 Å². The number of unbranched alkanes of at least 4 members (excludes halogenated alkanes) is 1. The molecule has 6 nitrogen and oxygen atoms in total. The predicted octanol–water partition coefficient (Wildman–Crippen LogP) is 1.24. The fraction of sp³-hybridized carbons (Fsp3) is 0.917. The summed E-state index contributed by atoms with van der Waals surface area (Å²) in [6.07, 6.45) is 3.01. The molecule has 0 aromatic carbocycles. The second-order valence-corrected chi connectivity index (χ2v) is 6.72. The summed E-state index contributed by atoms with van der Waals surface area (Å²) in [5.74, 6) is 0.923. The molecule has 0 atom stereocenters. The van der Waals surface area contributed by atoms with Gasteiger partial charge < -0.3 is 10.6 Å². The van der Waals surface area contributed by atoms with Crippen LogP contribution in [0, 0.1) is 0 Å². The van der Waals surface area contributed by atoms with E-state index in [2.05, 4.69) is 22.5 Å². The van der Waals surface area contributed by atoms with Gasteiger partial charge in [0.2, 0.25) is 10.0 Å². The van der Waals surface area contributed by atoms with Crippen LogP contribution in [0.2, 0.25) is 0 Å². The number of sulfonamides is 1. The van der Waals surface area contributed by atoms with E-state index in [4.69, 9.17) is 0 Å². The highest BCUT2D eigenvalue weighted by atomic mass is 127. The molecule has 0 rings (SSSR count). The standard InChI is InChI=1S/C12H28N4O2S.HI/c1-5-7-9-14-12(13-3)15-10-8-11-16(4)19(17,18)6-2;/h5-11H2,1-4H3,(H2,13,14,15);1H. The molecule has 122 valence electrons. The summed E-state index contributed by atoms with van der Waals surface area (Å²) < 4.78 is 24.5. The third-order valence-electron chi connectivity index (χ3n) is 2.83. The van der Waals surface area contributed by atoms with Crippen LogP contribution < -0.4 is 10.6 Å². The van der Waals surface area contributed by atoms with E-state index >= 15 is 0 Å². The van der Waals surface area contributed by atoms with Crippen LogP contribution in [0.3, 0.4) is 0 Å². The Balaban J connectivity index is 0. The summed E-state index contributed by atoms with van der Waals surface area (Å²) in [5, 5.41) is 6.38. The first kappa shape index (κ1) is 22.2. The number of hydrogen-bond donors (Lipinski definition) is 2. The molecular weight excluding hydrogens is 391 g/mol. The van der Waals surface area contributed by atoms with Crippen LogP contribution in [0.1, 0.15) is 33.1 Å². The van der Waals surface area contributed by atoms with E-state index in [0.29, 0.717) is 13.1 Å². The molecule has 0 saturated carbocycles. The quantitative estimate of drug-likeness (QED) is 0.255. The highest BCUT2D eigenvalue weighted by Gasteiger charge is 2.13. The summed E-state index contributed by atoms with van der Waals surface area (Å²) in [4.78, 5) is 4.10. The SMILES string of the molecule is CCCCNC(=NC)NCCCN(C)S(=O)(=O)CC.I. The first-order chi connectivity index (χ1) is 8.97. The van der Waals surface area contributed by atoms with Gasteiger partial charge in [-0.2, -0.15) is 0 Å². The second kappa shape index (κ2) is 12.6. The van der Waals surface area contributed by atoms with Crippen LogP contribution in [-0.4, -0.2) is 58.2 Å². The van der Waals surface area contributed by atoms with Gasteiger partial charge in [-0.25, -0.2) is 12.7 Å². The lowest BCUT2D eigenvalue weighted by molar-refractivity contribution is 0.461. The van der Waals surface area contributed by atoms with Gasteiger partial charge in [-0.15, -0.1) is 24.0 Å². The van der Waals surface area contributed by atoms with Gasteiger partial charge in [0, 0.05) is 33.7 Å². The van der Waals surface area contributed by atoms with E-state index < -0.39 is 10.0 Å². The highest BCUT2D eigenvalue weighted by Crippen LogP contribution is 1.98. The maximum absolute atomic E-state index is 11.5. The third kappa shape index (κ3) is 9.76. The molecule has 0 radical (unpaired) electrons. The fourth-order valence-electron chi connectivity index (χ4n) is 1.47. The summed E-state index contributed by atoms with van der Waals surface area (Å²) in [6, 6.07) is 0. The Kier molecular flexibility index (Phi) is 14.0. The molecule has 0 aliphatic heterocycles. The number of halogens is 1. The Hall–Kier alpha value is -0.0900. The van der Waals surface area contributed by atoms with Crippen LogP contribution in [0.4, 0.5) is 0 Å². The van der Waals surface area contributed by atoms with Gasteiger partial charge in [0.15, 0.2) is 5.96 Å². The first-order valence-electron chi connectivity index (χ1n) is 6.86. The van der Waals surface area contributed by atoms with Crippen molar-refractivity contribution < 1.29 is 8.42 Å². The van der Waals surface area contributed by atoms with Gasteiger partial charge in [0.05, 0.1) is 5.75 Å². The number of aliphatic imine (C=N–C) groups is 1. The number of rotatable bonds is 9. The first-order valence-corrected chi connectivity index (χ1v) is 8.47. The van der Waals surface area contributed by atoms with E-state index in [-0.39, 0.29) is 29.7 Å². The van der Waals surface area contributed by atoms with E-state index in [9.17, 15) is 8.42 Å². The third-order valence-corrected chi connectivity index (χ3v) is 4.69. The van der Waals surface area contributed by atoms with Gasteiger partial charge in [-0.3, -0.25) is 4.99 Å². The average molecular weight is 420 g/mol. The molecule has 0 aromatic rings. The Labute approximate surface area is 140 Å². The summed E-state index contributed by atoms with van der Waals surface area (Å²) >= 11 is 0. The maximum atomic E-state index is 11.5. The minimum atomic E-state index is -3.06. The second-order valence-electron chi connectivity index (χ2n) is 4.35. The van der Waals surface area contributed by atoms with E-state index in [1.807, 2.05) is 0 Å². The zero-order chi connectivity index (χ0) is 14.7. The van der Waals surface area contributed by atoms with Crippen molar-refractivity contribution in [2.75, 3.05) is 39.5 Å². The predicted molar refractivity (Wildman–Crippen MR) is 96.4 cm³/mol. The van der Waals surface area contributed by atoms with Crippen molar-refractivity contribution in [2.45, 2.75) is 33.1 Å². The molecule has 20 heavy (non-hydrogen) atoms. The number of nitrogens with zero attached hydrogens (tertiary/aromatic N) is 2. The normalized spacial score (nSPS) is 12.2. The molecule has 0 heterocycles. The number of hydrogen-bond acceptors (Lipinski definition) is 3. The lowest BCUT2D eigenvalue weighted by atomic mass is 10.3. The lowest BCUT2D eigenvalue weighted by Gasteiger charge is -2.16. The molecule has 0 unspecified atom stereocenters. The Morgan fingerprint density at radius 1 is 1.15 bits per heavy atom. The lowest BCUT2D eigenvalue weighted by Crippen LogP contribution is -2.39. The molecule has 0 aliphatic rings. The van der Waals surface area contributed by atoms with Crippen molar-refractivity contribution in [3.63, 3.8) is 0 Å². The molecule has 0 bridgehead atoms. The van der Waals surface area contributed by atoms with Gasteiger partial charge in [0.1, 0.15) is 0 Å². The molecule has 8 heteroatoms. The molecule has 0 aliphatic carbocycles. The Morgan fingerprint density at radius 3 is 2.15 bits per heavy atom.